The Labute approximate surface area is 189 Å². The third kappa shape index (κ3) is 5.59. The van der Waals surface area contributed by atoms with Gasteiger partial charge in [0, 0.05) is 51.4 Å². The van der Waals surface area contributed by atoms with Gasteiger partial charge >= 0.3 is 5.69 Å². The van der Waals surface area contributed by atoms with Crippen LogP contribution in [0, 0.1) is 0 Å². The molecule has 1 aromatic heterocycles. The van der Waals surface area contributed by atoms with E-state index in [0.717, 1.165) is 57.1 Å². The molecule has 1 aliphatic rings. The van der Waals surface area contributed by atoms with Gasteiger partial charge in [0.05, 0.1) is 6.54 Å². The van der Waals surface area contributed by atoms with Gasteiger partial charge in [-0.05, 0) is 30.7 Å². The van der Waals surface area contributed by atoms with Crippen LogP contribution in [0.25, 0.3) is 0 Å². The van der Waals surface area contributed by atoms with Crippen LogP contribution in [0.5, 0.6) is 5.75 Å². The Balaban J connectivity index is 1.24. The summed E-state index contributed by atoms with van der Waals surface area (Å²) in [5.41, 5.74) is 1.26. The number of para-hydroxylation sites is 2. The van der Waals surface area contributed by atoms with Gasteiger partial charge in [-0.25, -0.2) is 9.48 Å². The Morgan fingerprint density at radius 3 is 2.25 bits per heavy atom. The first kappa shape index (κ1) is 22.1. The van der Waals surface area contributed by atoms with Crippen molar-refractivity contribution in [3.63, 3.8) is 0 Å². The van der Waals surface area contributed by atoms with Crippen molar-refractivity contribution in [2.45, 2.75) is 32.9 Å². The summed E-state index contributed by atoms with van der Waals surface area (Å²) in [7, 11) is 0. The molecule has 170 valence electrons. The number of hydrogen-bond acceptors (Lipinski definition) is 5. The van der Waals surface area contributed by atoms with E-state index >= 15 is 0 Å². The van der Waals surface area contributed by atoms with E-state index in [4.69, 9.17) is 4.74 Å². The normalized spacial score (nSPS) is 14.6. The molecule has 1 fully saturated rings. The molecule has 2 heterocycles. The van der Waals surface area contributed by atoms with Crippen molar-refractivity contribution < 1.29 is 4.74 Å². The summed E-state index contributed by atoms with van der Waals surface area (Å²) < 4.78 is 9.15. The maximum Gasteiger partial charge on any atom is 0.346 e. The number of rotatable bonds is 10. The van der Waals surface area contributed by atoms with E-state index in [1.54, 1.807) is 9.25 Å². The highest BCUT2D eigenvalue weighted by Crippen LogP contribution is 2.15. The predicted octanol–water partition coefficient (Wildman–Crippen LogP) is 2.90. The second-order valence-electron chi connectivity index (χ2n) is 8.11. The third-order valence-electron chi connectivity index (χ3n) is 5.98. The molecular formula is C25H33N5O2. The van der Waals surface area contributed by atoms with Crippen LogP contribution >= 0.6 is 0 Å². The molecule has 0 unspecified atom stereocenters. The van der Waals surface area contributed by atoms with Gasteiger partial charge in [0.1, 0.15) is 18.2 Å². The molecule has 0 aliphatic carbocycles. The molecule has 7 heteroatoms. The lowest BCUT2D eigenvalue weighted by atomic mass is 10.2. The monoisotopic (exact) mass is 435 g/mol. The third-order valence-corrected chi connectivity index (χ3v) is 5.98. The van der Waals surface area contributed by atoms with E-state index in [1.807, 2.05) is 37.3 Å². The summed E-state index contributed by atoms with van der Waals surface area (Å²) in [6, 6.07) is 20.3. The fourth-order valence-corrected chi connectivity index (χ4v) is 4.20. The quantitative estimate of drug-likeness (QED) is 0.490. The van der Waals surface area contributed by atoms with E-state index in [-0.39, 0.29) is 5.69 Å². The lowest BCUT2D eigenvalue weighted by Crippen LogP contribution is -2.46. The summed E-state index contributed by atoms with van der Waals surface area (Å²) in [4.78, 5) is 17.8. The van der Waals surface area contributed by atoms with Crippen LogP contribution in [0.3, 0.4) is 0 Å². The minimum atomic E-state index is -0.0348. The van der Waals surface area contributed by atoms with Gasteiger partial charge in [-0.3, -0.25) is 9.47 Å². The lowest BCUT2D eigenvalue weighted by Gasteiger charge is -2.36. The zero-order valence-corrected chi connectivity index (χ0v) is 18.9. The van der Waals surface area contributed by atoms with Gasteiger partial charge in [0.25, 0.3) is 0 Å². The van der Waals surface area contributed by atoms with Crippen molar-refractivity contribution in [2.24, 2.45) is 0 Å². The molecular weight excluding hydrogens is 402 g/mol. The lowest BCUT2D eigenvalue weighted by molar-refractivity contribution is 0.248. The smallest absolute Gasteiger partial charge is 0.346 e. The summed E-state index contributed by atoms with van der Waals surface area (Å²) in [6.07, 6.45) is 1.65. The van der Waals surface area contributed by atoms with E-state index in [9.17, 15) is 4.79 Å². The van der Waals surface area contributed by atoms with Gasteiger partial charge in [-0.1, -0.05) is 43.3 Å². The maximum atomic E-state index is 12.9. The summed E-state index contributed by atoms with van der Waals surface area (Å²) in [5.74, 6) is 1.64. The number of piperazine rings is 1. The number of aryl methyl sites for hydroxylation is 2. The second kappa shape index (κ2) is 11.0. The Hall–Kier alpha value is -3.06. The van der Waals surface area contributed by atoms with Gasteiger partial charge in [-0.15, -0.1) is 0 Å². The average Bonchev–Trinajstić information content (AvgIpc) is 3.15. The average molecular weight is 436 g/mol. The molecule has 0 saturated carbocycles. The van der Waals surface area contributed by atoms with E-state index in [1.165, 1.54) is 5.69 Å². The molecule has 0 bridgehead atoms. The van der Waals surface area contributed by atoms with Gasteiger partial charge in [0.2, 0.25) is 0 Å². The Bertz CT molecular complexity index is 1010. The number of nitrogens with zero attached hydrogens (tertiary/aromatic N) is 5. The summed E-state index contributed by atoms with van der Waals surface area (Å²) in [6.45, 7) is 8.82. The Morgan fingerprint density at radius 2 is 1.56 bits per heavy atom. The highest BCUT2D eigenvalue weighted by Gasteiger charge is 2.17. The van der Waals surface area contributed by atoms with Gasteiger partial charge < -0.3 is 9.64 Å². The zero-order chi connectivity index (χ0) is 22.2. The van der Waals surface area contributed by atoms with Crippen LogP contribution in [-0.4, -0.2) is 58.6 Å². The largest absolute Gasteiger partial charge is 0.492 e. The fraction of sp³-hybridized carbons (Fsp3) is 0.440. The minimum Gasteiger partial charge on any atom is -0.492 e. The van der Waals surface area contributed by atoms with Crippen molar-refractivity contribution in [2.75, 3.05) is 44.2 Å². The SMILES string of the molecule is CCc1nn(CCCN2CCN(c3ccccc3)CC2)c(=O)n1CCOc1ccccc1. The number of anilines is 1. The molecule has 0 spiro atoms. The highest BCUT2D eigenvalue weighted by atomic mass is 16.5. The Kier molecular flexibility index (Phi) is 7.61. The predicted molar refractivity (Wildman–Crippen MR) is 128 cm³/mol. The van der Waals surface area contributed by atoms with Gasteiger partial charge in [0.15, 0.2) is 0 Å². The molecule has 1 saturated heterocycles. The first-order valence-electron chi connectivity index (χ1n) is 11.6. The highest BCUT2D eigenvalue weighted by molar-refractivity contribution is 5.46. The van der Waals surface area contributed by atoms with Crippen LogP contribution in [-0.2, 0) is 19.5 Å². The second-order valence-corrected chi connectivity index (χ2v) is 8.11. The standard InChI is InChI=1S/C25H33N5O2/c1-2-24-26-30(25(31)29(24)20-21-32-23-12-7-4-8-13-23)15-9-14-27-16-18-28(19-17-27)22-10-5-3-6-11-22/h3-8,10-13H,2,9,14-21H2,1H3. The molecule has 0 amide bonds. The molecule has 3 aromatic rings. The molecule has 0 radical (unpaired) electrons. The van der Waals surface area contributed by atoms with Crippen molar-refractivity contribution >= 4 is 5.69 Å². The topological polar surface area (TPSA) is 55.5 Å². The number of ether oxygens (including phenoxy) is 1. The molecule has 32 heavy (non-hydrogen) atoms. The van der Waals surface area contributed by atoms with Crippen LogP contribution in [0.15, 0.2) is 65.5 Å². The van der Waals surface area contributed by atoms with Crippen LogP contribution < -0.4 is 15.3 Å². The molecule has 0 N–H and O–H groups in total. The van der Waals surface area contributed by atoms with Gasteiger partial charge in [-0.2, -0.15) is 5.10 Å². The molecule has 1 aliphatic heterocycles. The van der Waals surface area contributed by atoms with Crippen LogP contribution in [0.2, 0.25) is 0 Å². The molecule has 2 aromatic carbocycles. The number of aromatic nitrogens is 3. The van der Waals surface area contributed by atoms with Crippen molar-refractivity contribution in [1.29, 1.82) is 0 Å². The van der Waals surface area contributed by atoms with E-state index < -0.39 is 0 Å². The zero-order valence-electron chi connectivity index (χ0n) is 18.9. The summed E-state index contributed by atoms with van der Waals surface area (Å²) in [5, 5.41) is 4.57. The summed E-state index contributed by atoms with van der Waals surface area (Å²) >= 11 is 0. The molecule has 0 atom stereocenters. The van der Waals surface area contributed by atoms with Crippen molar-refractivity contribution in [1.82, 2.24) is 19.2 Å². The van der Waals surface area contributed by atoms with Crippen molar-refractivity contribution in [3.05, 3.63) is 77.0 Å². The minimum absolute atomic E-state index is 0.0348. The van der Waals surface area contributed by atoms with Crippen LogP contribution in [0.4, 0.5) is 5.69 Å². The first-order chi connectivity index (χ1) is 15.7. The van der Waals surface area contributed by atoms with Crippen LogP contribution in [0.1, 0.15) is 19.2 Å². The Morgan fingerprint density at radius 1 is 0.875 bits per heavy atom. The van der Waals surface area contributed by atoms with E-state index in [0.29, 0.717) is 19.7 Å². The van der Waals surface area contributed by atoms with E-state index in [2.05, 4.69) is 45.2 Å². The number of hydrogen-bond donors (Lipinski definition) is 0. The fourth-order valence-electron chi connectivity index (χ4n) is 4.20. The van der Waals surface area contributed by atoms with Crippen molar-refractivity contribution in [3.8, 4) is 5.75 Å². The number of benzene rings is 2. The molecule has 4 rings (SSSR count). The first-order valence-corrected chi connectivity index (χ1v) is 11.6. The maximum absolute atomic E-state index is 12.9. The molecule has 7 nitrogen and oxygen atoms in total.